The lowest BCUT2D eigenvalue weighted by molar-refractivity contribution is -0.120. The van der Waals surface area contributed by atoms with E-state index < -0.39 is 0 Å². The molecule has 1 aliphatic rings. The molecule has 0 aromatic heterocycles. The Balaban J connectivity index is 1.58. The molecule has 1 fully saturated rings. The van der Waals surface area contributed by atoms with E-state index in [1.54, 1.807) is 0 Å². The summed E-state index contributed by atoms with van der Waals surface area (Å²) in [5.41, 5.74) is 2.30. The van der Waals surface area contributed by atoms with Gasteiger partial charge in [-0.05, 0) is 36.7 Å². The molecule has 4 nitrogen and oxygen atoms in total. The van der Waals surface area contributed by atoms with Gasteiger partial charge in [0.1, 0.15) is 0 Å². The second-order valence-corrected chi connectivity index (χ2v) is 7.73. The molecule has 0 bridgehead atoms. The lowest BCUT2D eigenvalue weighted by atomic mass is 10.0. The highest BCUT2D eigenvalue weighted by atomic mass is 35.5. The first-order chi connectivity index (χ1) is 13.1. The van der Waals surface area contributed by atoms with Gasteiger partial charge in [0.15, 0.2) is 0 Å². The van der Waals surface area contributed by atoms with Crippen LogP contribution in [0.1, 0.15) is 11.1 Å². The second-order valence-electron chi connectivity index (χ2n) is 7.29. The smallest absolute Gasteiger partial charge is 0.224 e. The number of likely N-dealkylation sites (N-methyl/N-ethyl adjacent to an activating group) is 1. The maximum absolute atomic E-state index is 12.4. The third-order valence-electron chi connectivity index (χ3n) is 5.18. The number of benzene rings is 2. The average molecular weight is 386 g/mol. The van der Waals surface area contributed by atoms with Crippen molar-refractivity contribution in [2.75, 3.05) is 39.8 Å². The molecule has 27 heavy (non-hydrogen) atoms. The van der Waals surface area contributed by atoms with Gasteiger partial charge >= 0.3 is 0 Å². The molecule has 3 rings (SSSR count). The van der Waals surface area contributed by atoms with Crippen LogP contribution in [0.2, 0.25) is 5.02 Å². The number of rotatable bonds is 7. The second kappa shape index (κ2) is 9.88. The Morgan fingerprint density at radius 3 is 2.33 bits per heavy atom. The molecule has 2 aromatic rings. The molecule has 1 heterocycles. The fourth-order valence-corrected chi connectivity index (χ4v) is 3.61. The van der Waals surface area contributed by atoms with E-state index in [1.807, 2.05) is 30.3 Å². The van der Waals surface area contributed by atoms with Crippen molar-refractivity contribution >= 4 is 17.5 Å². The number of piperazine rings is 1. The highest BCUT2D eigenvalue weighted by Crippen LogP contribution is 2.12. The highest BCUT2D eigenvalue weighted by molar-refractivity contribution is 6.30. The zero-order valence-electron chi connectivity index (χ0n) is 15.9. The highest BCUT2D eigenvalue weighted by Gasteiger charge is 2.23. The first-order valence-electron chi connectivity index (χ1n) is 9.58. The molecular formula is C22H28ClN3O. The van der Waals surface area contributed by atoms with Crippen LogP contribution in [0.25, 0.3) is 0 Å². The minimum atomic E-state index is 0.0597. The fraction of sp³-hybridized carbons (Fsp3) is 0.409. The third kappa shape index (κ3) is 6.35. The Morgan fingerprint density at radius 1 is 1.00 bits per heavy atom. The third-order valence-corrected chi connectivity index (χ3v) is 5.43. The summed E-state index contributed by atoms with van der Waals surface area (Å²) in [4.78, 5) is 17.3. The van der Waals surface area contributed by atoms with E-state index in [-0.39, 0.29) is 5.91 Å². The Labute approximate surface area is 167 Å². The molecular weight excluding hydrogens is 358 g/mol. The van der Waals surface area contributed by atoms with Gasteiger partial charge in [-0.15, -0.1) is 0 Å². The molecule has 1 saturated heterocycles. The summed E-state index contributed by atoms with van der Waals surface area (Å²) in [6.45, 7) is 4.90. The largest absolute Gasteiger partial charge is 0.354 e. The lowest BCUT2D eigenvalue weighted by Gasteiger charge is -2.38. The van der Waals surface area contributed by atoms with Crippen LogP contribution in [0.4, 0.5) is 0 Å². The van der Waals surface area contributed by atoms with E-state index in [2.05, 4.69) is 46.4 Å². The molecule has 1 atom stereocenters. The summed E-state index contributed by atoms with van der Waals surface area (Å²) in [7, 11) is 2.16. The monoisotopic (exact) mass is 385 g/mol. The van der Waals surface area contributed by atoms with Crippen molar-refractivity contribution in [3.8, 4) is 0 Å². The van der Waals surface area contributed by atoms with Gasteiger partial charge in [-0.25, -0.2) is 0 Å². The molecule has 0 radical (unpaired) electrons. The fourth-order valence-electron chi connectivity index (χ4n) is 3.49. The Morgan fingerprint density at radius 2 is 1.67 bits per heavy atom. The summed E-state index contributed by atoms with van der Waals surface area (Å²) in [5, 5.41) is 3.84. The molecule has 1 N–H and O–H groups in total. The average Bonchev–Trinajstić information content (AvgIpc) is 2.68. The number of carbonyl (C=O) groups is 1. The van der Waals surface area contributed by atoms with E-state index in [4.69, 9.17) is 11.6 Å². The summed E-state index contributed by atoms with van der Waals surface area (Å²) < 4.78 is 0. The van der Waals surface area contributed by atoms with Crippen LogP contribution in [0, 0.1) is 0 Å². The number of hydrogen-bond acceptors (Lipinski definition) is 3. The van der Waals surface area contributed by atoms with Crippen molar-refractivity contribution in [3.63, 3.8) is 0 Å². The van der Waals surface area contributed by atoms with Gasteiger partial charge in [0.05, 0.1) is 6.42 Å². The summed E-state index contributed by atoms with van der Waals surface area (Å²) in [6.07, 6.45) is 1.34. The van der Waals surface area contributed by atoms with Crippen molar-refractivity contribution in [1.29, 1.82) is 0 Å². The van der Waals surface area contributed by atoms with Crippen molar-refractivity contribution in [2.45, 2.75) is 18.9 Å². The SMILES string of the molecule is CN1CCN(C(CNC(=O)Cc2ccc(Cl)cc2)Cc2ccccc2)CC1. The van der Waals surface area contributed by atoms with E-state index in [9.17, 15) is 4.79 Å². The van der Waals surface area contributed by atoms with E-state index >= 15 is 0 Å². The van der Waals surface area contributed by atoms with Crippen LogP contribution in [-0.4, -0.2) is 61.5 Å². The minimum absolute atomic E-state index is 0.0597. The summed E-state index contributed by atoms with van der Waals surface area (Å²) >= 11 is 5.91. The van der Waals surface area contributed by atoms with Gasteiger partial charge in [-0.2, -0.15) is 0 Å². The number of nitrogens with zero attached hydrogens (tertiary/aromatic N) is 2. The molecule has 1 aliphatic heterocycles. The molecule has 144 valence electrons. The summed E-state index contributed by atoms with van der Waals surface area (Å²) in [6, 6.07) is 18.3. The van der Waals surface area contributed by atoms with Crippen molar-refractivity contribution in [1.82, 2.24) is 15.1 Å². The maximum Gasteiger partial charge on any atom is 0.224 e. The predicted octanol–water partition coefficient (Wildman–Crippen LogP) is 2.86. The topological polar surface area (TPSA) is 35.6 Å². The van der Waals surface area contributed by atoms with Gasteiger partial charge in [0.25, 0.3) is 0 Å². The number of carbonyl (C=O) groups excluding carboxylic acids is 1. The van der Waals surface area contributed by atoms with Gasteiger partial charge in [0.2, 0.25) is 5.91 Å². The molecule has 1 unspecified atom stereocenters. The van der Waals surface area contributed by atoms with Crippen LogP contribution in [0.5, 0.6) is 0 Å². The minimum Gasteiger partial charge on any atom is -0.354 e. The van der Waals surface area contributed by atoms with Crippen LogP contribution in [-0.2, 0) is 17.6 Å². The predicted molar refractivity (Wildman–Crippen MR) is 111 cm³/mol. The van der Waals surface area contributed by atoms with Crippen LogP contribution >= 0.6 is 11.6 Å². The molecule has 5 heteroatoms. The Kier molecular flexibility index (Phi) is 7.27. The van der Waals surface area contributed by atoms with E-state index in [1.165, 1.54) is 5.56 Å². The quantitative estimate of drug-likeness (QED) is 0.796. The van der Waals surface area contributed by atoms with Crippen molar-refractivity contribution in [3.05, 3.63) is 70.7 Å². The first-order valence-corrected chi connectivity index (χ1v) is 9.95. The van der Waals surface area contributed by atoms with Crippen LogP contribution in [0.3, 0.4) is 0 Å². The number of amides is 1. The summed E-state index contributed by atoms with van der Waals surface area (Å²) in [5.74, 6) is 0.0597. The van der Waals surface area contributed by atoms with E-state index in [0.717, 1.165) is 38.2 Å². The van der Waals surface area contributed by atoms with Gasteiger partial charge in [0, 0.05) is 43.8 Å². The first kappa shape index (κ1) is 19.9. The lowest BCUT2D eigenvalue weighted by Crippen LogP contribution is -2.53. The molecule has 2 aromatic carbocycles. The number of halogens is 1. The number of hydrogen-bond donors (Lipinski definition) is 1. The van der Waals surface area contributed by atoms with Gasteiger partial charge < -0.3 is 10.2 Å². The van der Waals surface area contributed by atoms with E-state index in [0.29, 0.717) is 24.0 Å². The van der Waals surface area contributed by atoms with Crippen molar-refractivity contribution < 1.29 is 4.79 Å². The van der Waals surface area contributed by atoms with Crippen LogP contribution in [0.15, 0.2) is 54.6 Å². The standard InChI is InChI=1S/C22H28ClN3O/c1-25-11-13-26(14-12-25)21(15-18-5-3-2-4-6-18)17-24-22(27)16-19-7-9-20(23)10-8-19/h2-10,21H,11-17H2,1H3,(H,24,27). The van der Waals surface area contributed by atoms with Gasteiger partial charge in [-0.3, -0.25) is 9.69 Å². The molecule has 1 amide bonds. The maximum atomic E-state index is 12.4. The Bertz CT molecular complexity index is 712. The zero-order chi connectivity index (χ0) is 19.1. The molecule has 0 spiro atoms. The normalized spacial score (nSPS) is 16.8. The van der Waals surface area contributed by atoms with Crippen molar-refractivity contribution in [2.24, 2.45) is 0 Å². The molecule has 0 saturated carbocycles. The van der Waals surface area contributed by atoms with Crippen LogP contribution < -0.4 is 5.32 Å². The Hall–Kier alpha value is -1.88. The van der Waals surface area contributed by atoms with Gasteiger partial charge in [-0.1, -0.05) is 54.1 Å². The zero-order valence-corrected chi connectivity index (χ0v) is 16.7. The molecule has 0 aliphatic carbocycles. The number of nitrogens with one attached hydrogen (secondary N) is 1.